The van der Waals surface area contributed by atoms with E-state index in [2.05, 4.69) is 4.90 Å². The van der Waals surface area contributed by atoms with Crippen molar-refractivity contribution < 1.29 is 9.53 Å². The van der Waals surface area contributed by atoms with Crippen LogP contribution in [0.4, 0.5) is 0 Å². The Balaban J connectivity index is 1.76. The number of ketones is 1. The molecule has 0 N–H and O–H groups in total. The van der Waals surface area contributed by atoms with Gasteiger partial charge < -0.3 is 9.64 Å². The molecule has 1 saturated heterocycles. The average molecular weight is 279 g/mol. The molecule has 3 nitrogen and oxygen atoms in total. The zero-order valence-corrected chi connectivity index (χ0v) is 11.8. The largest absolute Gasteiger partial charge is 0.487 e. The van der Waals surface area contributed by atoms with E-state index in [1.807, 2.05) is 42.6 Å². The number of carbonyl (C=O) groups is 1. The highest BCUT2D eigenvalue weighted by Gasteiger charge is 2.25. The van der Waals surface area contributed by atoms with Crippen LogP contribution in [0.5, 0.6) is 5.75 Å². The van der Waals surface area contributed by atoms with Crippen molar-refractivity contribution in [3.63, 3.8) is 0 Å². The van der Waals surface area contributed by atoms with Crippen LogP contribution in [0.1, 0.15) is 23.2 Å². The summed E-state index contributed by atoms with van der Waals surface area (Å²) in [4.78, 5) is 14.9. The SMILES string of the molecule is O=C1/C(=C\N2CCCC2)COc2c1ccc1ccccc21. The van der Waals surface area contributed by atoms with Crippen molar-refractivity contribution in [2.75, 3.05) is 19.7 Å². The minimum atomic E-state index is 0.105. The minimum absolute atomic E-state index is 0.105. The number of nitrogens with zero attached hydrogens (tertiary/aromatic N) is 1. The van der Waals surface area contributed by atoms with Gasteiger partial charge in [0.15, 0.2) is 5.78 Å². The predicted octanol–water partition coefficient (Wildman–Crippen LogP) is 3.39. The molecule has 106 valence electrons. The molecule has 21 heavy (non-hydrogen) atoms. The zero-order valence-electron chi connectivity index (χ0n) is 11.8. The molecule has 2 aliphatic rings. The molecule has 0 saturated carbocycles. The number of ether oxygens (including phenoxy) is 1. The summed E-state index contributed by atoms with van der Waals surface area (Å²) in [5.41, 5.74) is 1.45. The molecular weight excluding hydrogens is 262 g/mol. The van der Waals surface area contributed by atoms with Gasteiger partial charge in [0, 0.05) is 24.7 Å². The number of Topliss-reactive ketones (excluding diaryl/α,β-unsaturated/α-hetero) is 1. The molecule has 0 spiro atoms. The topological polar surface area (TPSA) is 29.5 Å². The Kier molecular flexibility index (Phi) is 2.92. The highest BCUT2D eigenvalue weighted by Crippen LogP contribution is 2.34. The number of likely N-dealkylation sites (tertiary alicyclic amines) is 1. The van der Waals surface area contributed by atoms with Gasteiger partial charge in [-0.3, -0.25) is 4.79 Å². The summed E-state index contributed by atoms with van der Waals surface area (Å²) in [6, 6.07) is 11.9. The number of carbonyl (C=O) groups excluding carboxylic acids is 1. The summed E-state index contributed by atoms with van der Waals surface area (Å²) in [6.07, 6.45) is 4.41. The van der Waals surface area contributed by atoms with Gasteiger partial charge in [-0.1, -0.05) is 30.3 Å². The maximum absolute atomic E-state index is 12.7. The molecule has 1 fully saturated rings. The fourth-order valence-electron chi connectivity index (χ4n) is 3.15. The Bertz CT molecular complexity index is 742. The summed E-state index contributed by atoms with van der Waals surface area (Å²) in [6.45, 7) is 2.46. The number of hydrogen-bond acceptors (Lipinski definition) is 3. The van der Waals surface area contributed by atoms with Crippen molar-refractivity contribution in [2.45, 2.75) is 12.8 Å². The Morgan fingerprint density at radius 1 is 1.05 bits per heavy atom. The lowest BCUT2D eigenvalue weighted by molar-refractivity contribution is 0.0997. The van der Waals surface area contributed by atoms with E-state index in [0.29, 0.717) is 12.2 Å². The minimum Gasteiger partial charge on any atom is -0.487 e. The van der Waals surface area contributed by atoms with Crippen molar-refractivity contribution in [1.29, 1.82) is 0 Å². The first kappa shape index (κ1) is 12.5. The third-order valence-electron chi connectivity index (χ3n) is 4.27. The van der Waals surface area contributed by atoms with Crippen molar-refractivity contribution in [3.05, 3.63) is 53.7 Å². The third kappa shape index (κ3) is 2.09. The quantitative estimate of drug-likeness (QED) is 0.749. The van der Waals surface area contributed by atoms with Crippen LogP contribution in [0.2, 0.25) is 0 Å². The summed E-state index contributed by atoms with van der Waals surface area (Å²) in [7, 11) is 0. The van der Waals surface area contributed by atoms with Gasteiger partial charge in [0.05, 0.1) is 11.1 Å². The maximum atomic E-state index is 12.7. The zero-order chi connectivity index (χ0) is 14.2. The Labute approximate surface area is 123 Å². The lowest BCUT2D eigenvalue weighted by Gasteiger charge is -2.22. The summed E-state index contributed by atoms with van der Waals surface area (Å²) < 4.78 is 5.91. The first-order chi connectivity index (χ1) is 10.3. The lowest BCUT2D eigenvalue weighted by atomic mass is 9.97. The van der Waals surface area contributed by atoms with Gasteiger partial charge in [-0.15, -0.1) is 0 Å². The highest BCUT2D eigenvalue weighted by molar-refractivity contribution is 6.14. The van der Waals surface area contributed by atoms with Crippen molar-refractivity contribution in [2.24, 2.45) is 0 Å². The number of hydrogen-bond donors (Lipinski definition) is 0. The molecular formula is C18H17NO2. The van der Waals surface area contributed by atoms with E-state index >= 15 is 0 Å². The molecule has 0 aliphatic carbocycles. The van der Waals surface area contributed by atoms with E-state index in [9.17, 15) is 4.79 Å². The standard InChI is InChI=1S/C18H17NO2/c20-17-14(11-19-9-3-4-10-19)12-21-18-15-6-2-1-5-13(15)7-8-16(17)18/h1-2,5-8,11H,3-4,9-10,12H2/b14-11-. The van der Waals surface area contributed by atoms with Gasteiger partial charge in [-0.2, -0.15) is 0 Å². The van der Waals surface area contributed by atoms with Crippen molar-refractivity contribution >= 4 is 16.6 Å². The molecule has 0 amide bonds. The van der Waals surface area contributed by atoms with Gasteiger partial charge in [0.25, 0.3) is 0 Å². The second-order valence-corrected chi connectivity index (χ2v) is 5.68. The molecule has 0 bridgehead atoms. The second-order valence-electron chi connectivity index (χ2n) is 5.68. The van der Waals surface area contributed by atoms with E-state index < -0.39 is 0 Å². The molecule has 0 radical (unpaired) electrons. The van der Waals surface area contributed by atoms with Gasteiger partial charge in [0.1, 0.15) is 12.4 Å². The lowest BCUT2D eigenvalue weighted by Crippen LogP contribution is -2.23. The number of benzene rings is 2. The molecule has 0 atom stereocenters. The van der Waals surface area contributed by atoms with E-state index in [0.717, 1.165) is 35.2 Å². The smallest absolute Gasteiger partial charge is 0.197 e. The molecule has 2 heterocycles. The summed E-state index contributed by atoms with van der Waals surface area (Å²) in [5, 5.41) is 2.12. The molecule has 4 rings (SSSR count). The first-order valence-electron chi connectivity index (χ1n) is 7.47. The van der Waals surface area contributed by atoms with Crippen LogP contribution in [-0.2, 0) is 0 Å². The maximum Gasteiger partial charge on any atom is 0.197 e. The first-order valence-corrected chi connectivity index (χ1v) is 7.47. The van der Waals surface area contributed by atoms with Crippen LogP contribution in [-0.4, -0.2) is 30.4 Å². The fourth-order valence-corrected chi connectivity index (χ4v) is 3.15. The Hall–Kier alpha value is -2.29. The Morgan fingerprint density at radius 3 is 2.71 bits per heavy atom. The summed E-state index contributed by atoms with van der Waals surface area (Å²) >= 11 is 0. The van der Waals surface area contributed by atoms with Crippen LogP contribution in [0, 0.1) is 0 Å². The third-order valence-corrected chi connectivity index (χ3v) is 4.27. The highest BCUT2D eigenvalue weighted by atomic mass is 16.5. The van der Waals surface area contributed by atoms with Crippen LogP contribution < -0.4 is 4.74 Å². The van der Waals surface area contributed by atoms with E-state index in [1.165, 1.54) is 12.8 Å². The predicted molar refractivity (Wildman–Crippen MR) is 82.7 cm³/mol. The molecule has 2 aromatic rings. The van der Waals surface area contributed by atoms with Gasteiger partial charge in [-0.25, -0.2) is 0 Å². The van der Waals surface area contributed by atoms with Crippen LogP contribution in [0.25, 0.3) is 10.8 Å². The fraction of sp³-hybridized carbons (Fsp3) is 0.278. The monoisotopic (exact) mass is 279 g/mol. The Morgan fingerprint density at radius 2 is 1.86 bits per heavy atom. The van der Waals surface area contributed by atoms with Crippen molar-refractivity contribution in [1.82, 2.24) is 4.90 Å². The summed E-state index contributed by atoms with van der Waals surface area (Å²) in [5.74, 6) is 0.838. The molecule has 0 unspecified atom stereocenters. The number of rotatable bonds is 1. The molecule has 2 aromatic carbocycles. The van der Waals surface area contributed by atoms with Crippen molar-refractivity contribution in [3.8, 4) is 5.75 Å². The van der Waals surface area contributed by atoms with E-state index in [4.69, 9.17) is 4.74 Å². The van der Waals surface area contributed by atoms with Crippen LogP contribution in [0.15, 0.2) is 48.2 Å². The van der Waals surface area contributed by atoms with Gasteiger partial charge >= 0.3 is 0 Å². The van der Waals surface area contributed by atoms with Crippen LogP contribution in [0.3, 0.4) is 0 Å². The van der Waals surface area contributed by atoms with E-state index in [1.54, 1.807) is 0 Å². The molecule has 0 aromatic heterocycles. The molecule has 2 aliphatic heterocycles. The van der Waals surface area contributed by atoms with E-state index in [-0.39, 0.29) is 5.78 Å². The van der Waals surface area contributed by atoms with Gasteiger partial charge in [-0.05, 0) is 24.3 Å². The van der Waals surface area contributed by atoms with Gasteiger partial charge in [0.2, 0.25) is 0 Å². The average Bonchev–Trinajstić information content (AvgIpc) is 3.03. The second kappa shape index (κ2) is 4.92. The number of fused-ring (bicyclic) bond motifs is 3. The normalized spacial score (nSPS) is 19.9. The molecule has 3 heteroatoms. The van der Waals surface area contributed by atoms with Crippen LogP contribution >= 0.6 is 0 Å².